The molecule has 0 aliphatic carbocycles. The fourth-order valence-electron chi connectivity index (χ4n) is 2.98. The van der Waals surface area contributed by atoms with Crippen molar-refractivity contribution in [3.05, 3.63) is 59.2 Å². The Bertz CT molecular complexity index is 814. The van der Waals surface area contributed by atoms with Gasteiger partial charge in [0.2, 0.25) is 0 Å². The first-order chi connectivity index (χ1) is 11.3. The lowest BCUT2D eigenvalue weighted by molar-refractivity contribution is 0.642. The third-order valence-corrected chi connectivity index (χ3v) is 4.87. The van der Waals surface area contributed by atoms with Crippen LogP contribution in [0.3, 0.4) is 0 Å². The zero-order valence-corrected chi connectivity index (χ0v) is 14.3. The highest BCUT2D eigenvalue weighted by Crippen LogP contribution is 2.25. The van der Waals surface area contributed by atoms with Gasteiger partial charge in [-0.3, -0.25) is 0 Å². The molecule has 1 fully saturated rings. The molecule has 4 rings (SSSR count). The number of aromatic nitrogens is 2. The van der Waals surface area contributed by atoms with Crippen LogP contribution in [0.1, 0.15) is 0 Å². The normalized spacial score (nSPS) is 15.2. The van der Waals surface area contributed by atoms with Gasteiger partial charge in [-0.1, -0.05) is 18.2 Å². The summed E-state index contributed by atoms with van der Waals surface area (Å²) in [6.45, 7) is 3.85. The number of piperazine rings is 1. The quantitative estimate of drug-likeness (QED) is 0.689. The average molecular weight is 369 g/mol. The molecule has 0 saturated carbocycles. The number of para-hydroxylation sites is 1. The SMILES string of the molecule is Brc1cccc2ccc(N3CCN(c4ccccn4)CC3)nc12. The van der Waals surface area contributed by atoms with Crippen molar-refractivity contribution in [3.8, 4) is 0 Å². The molecule has 0 amide bonds. The smallest absolute Gasteiger partial charge is 0.129 e. The summed E-state index contributed by atoms with van der Waals surface area (Å²) < 4.78 is 1.05. The maximum absolute atomic E-state index is 4.84. The summed E-state index contributed by atoms with van der Waals surface area (Å²) in [6, 6.07) is 16.5. The molecule has 116 valence electrons. The molecule has 0 atom stereocenters. The highest BCUT2D eigenvalue weighted by Gasteiger charge is 2.19. The van der Waals surface area contributed by atoms with Crippen LogP contribution in [0.5, 0.6) is 0 Å². The second kappa shape index (κ2) is 6.16. The van der Waals surface area contributed by atoms with Crippen molar-refractivity contribution in [2.75, 3.05) is 36.0 Å². The molecule has 5 heteroatoms. The molecule has 4 nitrogen and oxygen atoms in total. The van der Waals surface area contributed by atoms with E-state index in [2.05, 4.69) is 55.0 Å². The van der Waals surface area contributed by atoms with Gasteiger partial charge in [-0.05, 0) is 46.3 Å². The van der Waals surface area contributed by atoms with Gasteiger partial charge in [0.1, 0.15) is 11.6 Å². The number of pyridine rings is 2. The number of benzene rings is 1. The van der Waals surface area contributed by atoms with Gasteiger partial charge in [0, 0.05) is 42.2 Å². The minimum atomic E-state index is 0.958. The molecule has 23 heavy (non-hydrogen) atoms. The highest BCUT2D eigenvalue weighted by atomic mass is 79.9. The zero-order valence-electron chi connectivity index (χ0n) is 12.7. The molecule has 0 N–H and O–H groups in total. The van der Waals surface area contributed by atoms with E-state index in [0.29, 0.717) is 0 Å². The Balaban J connectivity index is 1.53. The van der Waals surface area contributed by atoms with Gasteiger partial charge in [0.05, 0.1) is 5.52 Å². The van der Waals surface area contributed by atoms with E-state index in [0.717, 1.165) is 53.2 Å². The van der Waals surface area contributed by atoms with Crippen LogP contribution in [0, 0.1) is 0 Å². The van der Waals surface area contributed by atoms with Gasteiger partial charge in [0.15, 0.2) is 0 Å². The lowest BCUT2D eigenvalue weighted by atomic mass is 10.2. The minimum absolute atomic E-state index is 0.958. The largest absolute Gasteiger partial charge is 0.353 e. The van der Waals surface area contributed by atoms with Crippen LogP contribution in [0.4, 0.5) is 11.6 Å². The van der Waals surface area contributed by atoms with Crippen molar-refractivity contribution < 1.29 is 0 Å². The summed E-state index contributed by atoms with van der Waals surface area (Å²) in [5.74, 6) is 2.10. The second-order valence-electron chi connectivity index (χ2n) is 5.64. The third-order valence-electron chi connectivity index (χ3n) is 4.23. The molecule has 0 radical (unpaired) electrons. The van der Waals surface area contributed by atoms with Crippen LogP contribution in [-0.4, -0.2) is 36.1 Å². The van der Waals surface area contributed by atoms with Crippen molar-refractivity contribution in [1.29, 1.82) is 0 Å². The summed E-state index contributed by atoms with van der Waals surface area (Å²) in [5.41, 5.74) is 1.03. The third kappa shape index (κ3) is 2.88. The molecule has 0 unspecified atom stereocenters. The van der Waals surface area contributed by atoms with Crippen molar-refractivity contribution in [3.63, 3.8) is 0 Å². The summed E-state index contributed by atoms with van der Waals surface area (Å²) >= 11 is 3.60. The van der Waals surface area contributed by atoms with Crippen molar-refractivity contribution >= 4 is 38.5 Å². The predicted molar refractivity (Wildman–Crippen MR) is 98.1 cm³/mol. The molecule has 1 saturated heterocycles. The van der Waals surface area contributed by atoms with E-state index in [-0.39, 0.29) is 0 Å². The molecule has 1 aromatic carbocycles. The van der Waals surface area contributed by atoms with Crippen LogP contribution in [0.25, 0.3) is 10.9 Å². The first-order valence-electron chi connectivity index (χ1n) is 7.77. The number of fused-ring (bicyclic) bond motifs is 1. The molecule has 3 heterocycles. The number of hydrogen-bond donors (Lipinski definition) is 0. The fourth-order valence-corrected chi connectivity index (χ4v) is 3.45. The second-order valence-corrected chi connectivity index (χ2v) is 6.50. The first-order valence-corrected chi connectivity index (χ1v) is 8.57. The van der Waals surface area contributed by atoms with Crippen molar-refractivity contribution in [1.82, 2.24) is 9.97 Å². The van der Waals surface area contributed by atoms with Crippen LogP contribution in [0.2, 0.25) is 0 Å². The molecule has 2 aromatic heterocycles. The van der Waals surface area contributed by atoms with Gasteiger partial charge in [-0.25, -0.2) is 9.97 Å². The molecule has 3 aromatic rings. The number of rotatable bonds is 2. The van der Waals surface area contributed by atoms with E-state index in [1.165, 1.54) is 0 Å². The maximum atomic E-state index is 4.84. The van der Waals surface area contributed by atoms with Crippen molar-refractivity contribution in [2.24, 2.45) is 0 Å². The van der Waals surface area contributed by atoms with E-state index >= 15 is 0 Å². The summed E-state index contributed by atoms with van der Waals surface area (Å²) in [7, 11) is 0. The molecule has 1 aliphatic heterocycles. The fraction of sp³-hybridized carbons (Fsp3) is 0.222. The van der Waals surface area contributed by atoms with Crippen LogP contribution in [-0.2, 0) is 0 Å². The van der Waals surface area contributed by atoms with Gasteiger partial charge >= 0.3 is 0 Å². The van der Waals surface area contributed by atoms with E-state index in [9.17, 15) is 0 Å². The monoisotopic (exact) mass is 368 g/mol. The Morgan fingerprint density at radius 3 is 2.30 bits per heavy atom. The Labute approximate surface area is 143 Å². The number of nitrogens with zero attached hydrogens (tertiary/aromatic N) is 4. The van der Waals surface area contributed by atoms with Gasteiger partial charge in [-0.15, -0.1) is 0 Å². The van der Waals surface area contributed by atoms with Crippen LogP contribution in [0.15, 0.2) is 59.2 Å². The van der Waals surface area contributed by atoms with E-state index in [1.807, 2.05) is 30.5 Å². The molecule has 0 spiro atoms. The molecular weight excluding hydrogens is 352 g/mol. The summed E-state index contributed by atoms with van der Waals surface area (Å²) in [4.78, 5) is 14.0. The molecular formula is C18H17BrN4. The summed E-state index contributed by atoms with van der Waals surface area (Å²) in [6.07, 6.45) is 1.85. The first kappa shape index (κ1) is 14.5. The topological polar surface area (TPSA) is 32.3 Å². The number of halogens is 1. The Morgan fingerprint density at radius 2 is 1.57 bits per heavy atom. The number of hydrogen-bond acceptors (Lipinski definition) is 4. The van der Waals surface area contributed by atoms with Crippen LogP contribution < -0.4 is 9.80 Å². The van der Waals surface area contributed by atoms with Gasteiger partial charge in [-0.2, -0.15) is 0 Å². The number of anilines is 2. The van der Waals surface area contributed by atoms with Crippen molar-refractivity contribution in [2.45, 2.75) is 0 Å². The Kier molecular flexibility index (Phi) is 3.87. The van der Waals surface area contributed by atoms with E-state index < -0.39 is 0 Å². The Hall–Kier alpha value is -2.14. The lowest BCUT2D eigenvalue weighted by Crippen LogP contribution is -2.47. The standard InChI is InChI=1S/C18H17BrN4/c19-15-5-3-4-14-7-8-17(21-18(14)15)23-12-10-22(11-13-23)16-6-1-2-9-20-16/h1-9H,10-13H2. The minimum Gasteiger partial charge on any atom is -0.353 e. The maximum Gasteiger partial charge on any atom is 0.129 e. The zero-order chi connectivity index (χ0) is 15.6. The summed E-state index contributed by atoms with van der Waals surface area (Å²) in [5, 5.41) is 1.16. The van der Waals surface area contributed by atoms with Gasteiger partial charge < -0.3 is 9.80 Å². The Morgan fingerprint density at radius 1 is 0.783 bits per heavy atom. The highest BCUT2D eigenvalue weighted by molar-refractivity contribution is 9.10. The predicted octanol–water partition coefficient (Wildman–Crippen LogP) is 3.72. The van der Waals surface area contributed by atoms with E-state index in [4.69, 9.17) is 4.98 Å². The van der Waals surface area contributed by atoms with Gasteiger partial charge in [0.25, 0.3) is 0 Å². The van der Waals surface area contributed by atoms with E-state index in [1.54, 1.807) is 0 Å². The van der Waals surface area contributed by atoms with Crippen LogP contribution >= 0.6 is 15.9 Å². The average Bonchev–Trinajstić information content (AvgIpc) is 2.63. The lowest BCUT2D eigenvalue weighted by Gasteiger charge is -2.36. The molecule has 1 aliphatic rings. The molecule has 0 bridgehead atoms.